The molecule has 6 heteroatoms. The van der Waals surface area contributed by atoms with Crippen LogP contribution in [0.2, 0.25) is 0 Å². The summed E-state index contributed by atoms with van der Waals surface area (Å²) in [5.74, 6) is 0. The predicted molar refractivity (Wildman–Crippen MR) is 71.7 cm³/mol. The summed E-state index contributed by atoms with van der Waals surface area (Å²) in [5, 5.41) is 9.91. The van der Waals surface area contributed by atoms with Crippen LogP contribution in [0.15, 0.2) is 30.5 Å². The molecule has 0 radical (unpaired) electrons. The first-order valence-electron chi connectivity index (χ1n) is 6.13. The summed E-state index contributed by atoms with van der Waals surface area (Å²) in [6, 6.07) is 5.53. The smallest absolute Gasteiger partial charge is 0.393 e. The molecular weight excluding hydrogens is 287 g/mol. The Kier molecular flexibility index (Phi) is 4.45. The monoisotopic (exact) mass is 301 g/mol. The van der Waals surface area contributed by atoms with Gasteiger partial charge in [-0.05, 0) is 18.6 Å². The Bertz CT molecular complexity index is 578. The zero-order valence-corrected chi connectivity index (χ0v) is 11.6. The summed E-state index contributed by atoms with van der Waals surface area (Å²) in [4.78, 5) is 5.00. The second-order valence-electron chi connectivity index (χ2n) is 4.61. The van der Waals surface area contributed by atoms with Crippen molar-refractivity contribution in [3.63, 3.8) is 0 Å². The van der Waals surface area contributed by atoms with Gasteiger partial charge in [0.15, 0.2) is 0 Å². The maximum Gasteiger partial charge on any atom is 0.416 e. The Labute approximate surface area is 118 Å². The van der Waals surface area contributed by atoms with Crippen LogP contribution in [0.25, 0.3) is 0 Å². The Morgan fingerprint density at radius 3 is 2.65 bits per heavy atom. The van der Waals surface area contributed by atoms with Gasteiger partial charge in [0, 0.05) is 23.9 Å². The fourth-order valence-electron chi connectivity index (χ4n) is 1.93. The van der Waals surface area contributed by atoms with Crippen LogP contribution in [0, 0.1) is 0 Å². The molecule has 2 rings (SSSR count). The standard InChI is InChI=1S/C14H14F3NOS/c1-9(19)6-11-8-18-13(20-11)7-10-4-2-3-5-12(10)14(15,16)17/h2-5,8-9,19H,6-7H2,1H3. The Balaban J connectivity index is 2.20. The molecule has 20 heavy (non-hydrogen) atoms. The van der Waals surface area contributed by atoms with E-state index >= 15 is 0 Å². The highest BCUT2D eigenvalue weighted by molar-refractivity contribution is 7.11. The lowest BCUT2D eigenvalue weighted by atomic mass is 10.0. The molecule has 1 aromatic carbocycles. The molecule has 108 valence electrons. The number of aliphatic hydroxyl groups is 1. The number of alkyl halides is 3. The summed E-state index contributed by atoms with van der Waals surface area (Å²) in [7, 11) is 0. The van der Waals surface area contributed by atoms with Crippen LogP contribution in [0.3, 0.4) is 0 Å². The molecule has 0 spiro atoms. The van der Waals surface area contributed by atoms with Gasteiger partial charge in [0.05, 0.1) is 16.7 Å². The molecule has 1 unspecified atom stereocenters. The van der Waals surface area contributed by atoms with Crippen molar-refractivity contribution in [2.45, 2.75) is 32.0 Å². The van der Waals surface area contributed by atoms with Crippen LogP contribution in [-0.2, 0) is 19.0 Å². The highest BCUT2D eigenvalue weighted by Crippen LogP contribution is 2.33. The normalized spacial score (nSPS) is 13.4. The molecule has 2 nitrogen and oxygen atoms in total. The molecule has 1 aromatic heterocycles. The molecule has 0 saturated heterocycles. The molecule has 0 amide bonds. The molecule has 1 atom stereocenters. The van der Waals surface area contributed by atoms with E-state index in [1.807, 2.05) is 0 Å². The first kappa shape index (κ1) is 15.0. The molecule has 2 aromatic rings. The van der Waals surface area contributed by atoms with Crippen molar-refractivity contribution >= 4 is 11.3 Å². The molecule has 0 aliphatic rings. The van der Waals surface area contributed by atoms with E-state index in [1.54, 1.807) is 19.2 Å². The van der Waals surface area contributed by atoms with E-state index in [4.69, 9.17) is 0 Å². The second kappa shape index (κ2) is 5.93. The average Bonchev–Trinajstić information content (AvgIpc) is 2.75. The van der Waals surface area contributed by atoms with Crippen LogP contribution in [-0.4, -0.2) is 16.2 Å². The van der Waals surface area contributed by atoms with Crippen molar-refractivity contribution in [1.82, 2.24) is 4.98 Å². The first-order valence-corrected chi connectivity index (χ1v) is 6.94. The third kappa shape index (κ3) is 3.80. The molecule has 0 aliphatic heterocycles. The fraction of sp³-hybridized carbons (Fsp3) is 0.357. The Morgan fingerprint density at radius 2 is 2.00 bits per heavy atom. The molecule has 1 heterocycles. The van der Waals surface area contributed by atoms with Crippen molar-refractivity contribution in [2.75, 3.05) is 0 Å². The zero-order valence-electron chi connectivity index (χ0n) is 10.8. The number of thiazole rings is 1. The number of benzene rings is 1. The summed E-state index contributed by atoms with van der Waals surface area (Å²) >= 11 is 1.34. The van der Waals surface area contributed by atoms with E-state index < -0.39 is 17.8 Å². The number of hydrogen-bond acceptors (Lipinski definition) is 3. The number of aromatic nitrogens is 1. The van der Waals surface area contributed by atoms with Crippen molar-refractivity contribution in [2.24, 2.45) is 0 Å². The SMILES string of the molecule is CC(O)Cc1cnc(Cc2ccccc2C(F)(F)F)s1. The van der Waals surface area contributed by atoms with Gasteiger partial charge in [-0.15, -0.1) is 11.3 Å². The number of halogens is 3. The highest BCUT2D eigenvalue weighted by atomic mass is 32.1. The number of nitrogens with zero attached hydrogens (tertiary/aromatic N) is 1. The first-order chi connectivity index (χ1) is 9.36. The Morgan fingerprint density at radius 1 is 1.30 bits per heavy atom. The van der Waals surface area contributed by atoms with Gasteiger partial charge in [0.2, 0.25) is 0 Å². The topological polar surface area (TPSA) is 33.1 Å². The van der Waals surface area contributed by atoms with E-state index in [-0.39, 0.29) is 12.0 Å². The molecular formula is C14H14F3NOS. The molecule has 0 fully saturated rings. The Hall–Kier alpha value is -1.40. The third-order valence-corrected chi connectivity index (χ3v) is 3.78. The van der Waals surface area contributed by atoms with Gasteiger partial charge in [-0.3, -0.25) is 0 Å². The maximum absolute atomic E-state index is 12.9. The summed E-state index contributed by atoms with van der Waals surface area (Å²) in [5.41, 5.74) is -0.398. The van der Waals surface area contributed by atoms with E-state index in [9.17, 15) is 18.3 Å². The number of hydrogen-bond donors (Lipinski definition) is 1. The van der Waals surface area contributed by atoms with Gasteiger partial charge < -0.3 is 5.11 Å². The molecule has 0 saturated carbocycles. The van der Waals surface area contributed by atoms with Gasteiger partial charge in [-0.2, -0.15) is 13.2 Å². The van der Waals surface area contributed by atoms with Gasteiger partial charge in [0.1, 0.15) is 0 Å². The number of aliphatic hydroxyl groups excluding tert-OH is 1. The average molecular weight is 301 g/mol. The zero-order chi connectivity index (χ0) is 14.8. The molecule has 0 aliphatic carbocycles. The minimum atomic E-state index is -4.35. The van der Waals surface area contributed by atoms with Gasteiger partial charge in [0.25, 0.3) is 0 Å². The lowest BCUT2D eigenvalue weighted by Crippen LogP contribution is -2.09. The summed E-state index contributed by atoms with van der Waals surface area (Å²) < 4.78 is 38.6. The quantitative estimate of drug-likeness (QED) is 0.934. The maximum atomic E-state index is 12.9. The fourth-order valence-corrected chi connectivity index (χ4v) is 2.99. The van der Waals surface area contributed by atoms with E-state index in [1.165, 1.54) is 23.5 Å². The van der Waals surface area contributed by atoms with Crippen LogP contribution < -0.4 is 0 Å². The van der Waals surface area contributed by atoms with Crippen LogP contribution >= 0.6 is 11.3 Å². The second-order valence-corrected chi connectivity index (χ2v) is 5.80. The molecule has 0 bridgehead atoms. The lowest BCUT2D eigenvalue weighted by molar-refractivity contribution is -0.138. The highest BCUT2D eigenvalue weighted by Gasteiger charge is 2.32. The van der Waals surface area contributed by atoms with Crippen molar-refractivity contribution in [3.05, 3.63) is 51.5 Å². The third-order valence-electron chi connectivity index (χ3n) is 2.76. The largest absolute Gasteiger partial charge is 0.416 e. The van der Waals surface area contributed by atoms with E-state index in [2.05, 4.69) is 4.98 Å². The van der Waals surface area contributed by atoms with E-state index in [0.29, 0.717) is 11.4 Å². The number of rotatable bonds is 4. The van der Waals surface area contributed by atoms with Gasteiger partial charge >= 0.3 is 6.18 Å². The van der Waals surface area contributed by atoms with E-state index in [0.717, 1.165) is 10.9 Å². The molecule has 1 N–H and O–H groups in total. The van der Waals surface area contributed by atoms with Crippen molar-refractivity contribution in [3.8, 4) is 0 Å². The van der Waals surface area contributed by atoms with Crippen molar-refractivity contribution in [1.29, 1.82) is 0 Å². The van der Waals surface area contributed by atoms with Crippen LogP contribution in [0.1, 0.15) is 27.9 Å². The van der Waals surface area contributed by atoms with Crippen molar-refractivity contribution < 1.29 is 18.3 Å². The minimum Gasteiger partial charge on any atom is -0.393 e. The van der Waals surface area contributed by atoms with Gasteiger partial charge in [-0.25, -0.2) is 4.98 Å². The summed E-state index contributed by atoms with van der Waals surface area (Å²) in [6.45, 7) is 1.67. The lowest BCUT2D eigenvalue weighted by Gasteiger charge is -2.11. The minimum absolute atomic E-state index is 0.153. The summed E-state index contributed by atoms with van der Waals surface area (Å²) in [6.07, 6.45) is -2.59. The van der Waals surface area contributed by atoms with Gasteiger partial charge in [-0.1, -0.05) is 18.2 Å². The van der Waals surface area contributed by atoms with Crippen LogP contribution in [0.4, 0.5) is 13.2 Å². The van der Waals surface area contributed by atoms with Crippen LogP contribution in [0.5, 0.6) is 0 Å². The predicted octanol–water partition coefficient (Wildman–Crippen LogP) is 3.68.